The molecule has 1 heterocycles. The number of benzene rings is 1. The first-order valence-corrected chi connectivity index (χ1v) is 11.2. The van der Waals surface area contributed by atoms with E-state index in [4.69, 9.17) is 9.47 Å². The Kier molecular flexibility index (Phi) is 11.5. The van der Waals surface area contributed by atoms with E-state index in [1.54, 1.807) is 0 Å². The number of anilines is 1. The third-order valence-electron chi connectivity index (χ3n) is 5.19. The van der Waals surface area contributed by atoms with E-state index in [9.17, 15) is 4.79 Å². The largest absolute Gasteiger partial charge is 0.494 e. The molecule has 5 nitrogen and oxygen atoms in total. The van der Waals surface area contributed by atoms with Crippen molar-refractivity contribution in [1.82, 2.24) is 4.90 Å². The lowest BCUT2D eigenvalue weighted by Crippen LogP contribution is -2.26. The molecule has 0 aliphatic carbocycles. The van der Waals surface area contributed by atoms with Crippen LogP contribution < -0.4 is 10.1 Å². The van der Waals surface area contributed by atoms with Gasteiger partial charge in [-0.25, -0.2) is 4.79 Å². The van der Waals surface area contributed by atoms with E-state index in [0.717, 1.165) is 38.4 Å². The van der Waals surface area contributed by atoms with Crippen molar-refractivity contribution in [2.75, 3.05) is 38.2 Å². The van der Waals surface area contributed by atoms with Gasteiger partial charge in [0.1, 0.15) is 12.4 Å². The molecule has 0 radical (unpaired) electrons. The number of carbonyl (C=O) groups is 1. The van der Waals surface area contributed by atoms with E-state index >= 15 is 0 Å². The summed E-state index contributed by atoms with van der Waals surface area (Å²) in [6.45, 7) is 6.45. The molecule has 1 aliphatic heterocycles. The van der Waals surface area contributed by atoms with Crippen molar-refractivity contribution < 1.29 is 14.3 Å². The van der Waals surface area contributed by atoms with Gasteiger partial charge in [0.05, 0.1) is 6.61 Å². The number of carbonyl (C=O) groups excluding carboxylic acids is 1. The minimum absolute atomic E-state index is 0.403. The maximum absolute atomic E-state index is 11.9. The highest BCUT2D eigenvalue weighted by Gasteiger charge is 2.12. The topological polar surface area (TPSA) is 50.8 Å². The molecule has 1 saturated heterocycles. The fourth-order valence-electron chi connectivity index (χ4n) is 3.52. The SMILES string of the molecule is CCCCCCCCCCOc1cccc(NC(=O)OCCN2CCCC2)c1. The van der Waals surface area contributed by atoms with Gasteiger partial charge in [-0.1, -0.05) is 57.9 Å². The van der Waals surface area contributed by atoms with Gasteiger partial charge in [0, 0.05) is 18.3 Å². The maximum atomic E-state index is 11.9. The fourth-order valence-corrected chi connectivity index (χ4v) is 3.52. The van der Waals surface area contributed by atoms with Crippen LogP contribution in [-0.4, -0.2) is 43.8 Å². The molecule has 28 heavy (non-hydrogen) atoms. The van der Waals surface area contributed by atoms with E-state index in [1.165, 1.54) is 57.8 Å². The van der Waals surface area contributed by atoms with Crippen LogP contribution in [0.4, 0.5) is 10.5 Å². The quantitative estimate of drug-likeness (QED) is 0.405. The second-order valence-corrected chi connectivity index (χ2v) is 7.66. The van der Waals surface area contributed by atoms with Gasteiger partial charge in [0.25, 0.3) is 0 Å². The van der Waals surface area contributed by atoms with Gasteiger partial charge in [-0.15, -0.1) is 0 Å². The lowest BCUT2D eigenvalue weighted by molar-refractivity contribution is 0.146. The van der Waals surface area contributed by atoms with E-state index in [-0.39, 0.29) is 0 Å². The molecule has 0 unspecified atom stereocenters. The van der Waals surface area contributed by atoms with Crippen molar-refractivity contribution in [3.05, 3.63) is 24.3 Å². The van der Waals surface area contributed by atoms with E-state index in [2.05, 4.69) is 17.1 Å². The Hall–Kier alpha value is -1.75. The number of rotatable bonds is 14. The summed E-state index contributed by atoms with van der Waals surface area (Å²) >= 11 is 0. The van der Waals surface area contributed by atoms with E-state index in [0.29, 0.717) is 12.3 Å². The zero-order chi connectivity index (χ0) is 19.9. The summed E-state index contributed by atoms with van der Waals surface area (Å²) in [6, 6.07) is 7.52. The summed E-state index contributed by atoms with van der Waals surface area (Å²) in [7, 11) is 0. The van der Waals surface area contributed by atoms with E-state index in [1.807, 2.05) is 24.3 Å². The summed E-state index contributed by atoms with van der Waals surface area (Å²) < 4.78 is 11.1. The van der Waals surface area contributed by atoms with Crippen LogP contribution >= 0.6 is 0 Å². The fraction of sp³-hybridized carbons (Fsp3) is 0.696. The molecule has 1 fully saturated rings. The predicted octanol–water partition coefficient (Wildman–Crippen LogP) is 5.85. The zero-order valence-corrected chi connectivity index (χ0v) is 17.6. The lowest BCUT2D eigenvalue weighted by Gasteiger charge is -2.14. The van der Waals surface area contributed by atoms with Crippen LogP contribution in [-0.2, 0) is 4.74 Å². The van der Waals surface area contributed by atoms with E-state index < -0.39 is 6.09 Å². The average molecular weight is 391 g/mol. The molecular weight excluding hydrogens is 352 g/mol. The first-order chi connectivity index (χ1) is 13.8. The second kappa shape index (κ2) is 14.3. The van der Waals surface area contributed by atoms with Crippen molar-refractivity contribution in [3.8, 4) is 5.75 Å². The van der Waals surface area contributed by atoms with Crippen molar-refractivity contribution in [1.29, 1.82) is 0 Å². The summed E-state index contributed by atoms with van der Waals surface area (Å²) in [4.78, 5) is 14.3. The van der Waals surface area contributed by atoms with Gasteiger partial charge in [0.15, 0.2) is 0 Å². The molecule has 0 saturated carbocycles. The molecule has 1 N–H and O–H groups in total. The smallest absolute Gasteiger partial charge is 0.411 e. The summed E-state index contributed by atoms with van der Waals surface area (Å²) in [6.07, 6.45) is 12.4. The van der Waals surface area contributed by atoms with Gasteiger partial charge >= 0.3 is 6.09 Å². The number of unbranched alkanes of at least 4 members (excludes halogenated alkanes) is 7. The summed E-state index contributed by atoms with van der Waals surface area (Å²) in [5, 5.41) is 2.78. The van der Waals surface area contributed by atoms with Crippen LogP contribution in [0.2, 0.25) is 0 Å². The molecule has 1 aliphatic rings. The molecule has 1 amide bonds. The maximum Gasteiger partial charge on any atom is 0.411 e. The molecule has 1 aromatic carbocycles. The number of nitrogens with zero attached hydrogens (tertiary/aromatic N) is 1. The van der Waals surface area contributed by atoms with Crippen LogP contribution in [0.1, 0.15) is 71.1 Å². The Labute approximate surface area is 170 Å². The molecule has 158 valence electrons. The van der Waals surface area contributed by atoms with Gasteiger partial charge in [0.2, 0.25) is 0 Å². The van der Waals surface area contributed by atoms with Crippen LogP contribution in [0.15, 0.2) is 24.3 Å². The minimum Gasteiger partial charge on any atom is -0.494 e. The third-order valence-corrected chi connectivity index (χ3v) is 5.19. The predicted molar refractivity (Wildman–Crippen MR) is 115 cm³/mol. The molecule has 0 aromatic heterocycles. The van der Waals surface area contributed by atoms with Crippen molar-refractivity contribution >= 4 is 11.8 Å². The number of hydrogen-bond acceptors (Lipinski definition) is 4. The third kappa shape index (κ3) is 9.98. The van der Waals surface area contributed by atoms with Crippen LogP contribution in [0.5, 0.6) is 5.75 Å². The van der Waals surface area contributed by atoms with Crippen molar-refractivity contribution in [2.45, 2.75) is 71.1 Å². The van der Waals surface area contributed by atoms with Gasteiger partial charge < -0.3 is 9.47 Å². The lowest BCUT2D eigenvalue weighted by atomic mass is 10.1. The Morgan fingerprint density at radius 2 is 1.71 bits per heavy atom. The van der Waals surface area contributed by atoms with Crippen LogP contribution in [0, 0.1) is 0 Å². The second-order valence-electron chi connectivity index (χ2n) is 7.66. The standard InChI is InChI=1S/C23H38N2O3/c1-2-3-4-5-6-7-8-11-18-27-22-14-12-13-21(20-22)24-23(26)28-19-17-25-15-9-10-16-25/h12-14,20H,2-11,15-19H2,1H3,(H,24,26). The number of ether oxygens (including phenoxy) is 2. The normalized spacial score (nSPS) is 14.2. The number of likely N-dealkylation sites (tertiary alicyclic amines) is 1. The van der Waals surface area contributed by atoms with Crippen molar-refractivity contribution in [3.63, 3.8) is 0 Å². The number of nitrogens with one attached hydrogen (secondary N) is 1. The minimum atomic E-state index is -0.403. The van der Waals surface area contributed by atoms with Crippen LogP contribution in [0.25, 0.3) is 0 Å². The highest BCUT2D eigenvalue weighted by molar-refractivity contribution is 5.84. The Balaban J connectivity index is 1.54. The molecular formula is C23H38N2O3. The summed E-state index contributed by atoms with van der Waals surface area (Å²) in [5.74, 6) is 0.790. The number of hydrogen-bond donors (Lipinski definition) is 1. The number of amides is 1. The Morgan fingerprint density at radius 3 is 2.46 bits per heavy atom. The first-order valence-electron chi connectivity index (χ1n) is 11.2. The molecule has 0 spiro atoms. The van der Waals surface area contributed by atoms with Crippen LogP contribution in [0.3, 0.4) is 0 Å². The van der Waals surface area contributed by atoms with Gasteiger partial charge in [-0.05, 0) is 44.5 Å². The zero-order valence-electron chi connectivity index (χ0n) is 17.6. The highest BCUT2D eigenvalue weighted by Crippen LogP contribution is 2.18. The molecule has 2 rings (SSSR count). The molecule has 0 bridgehead atoms. The van der Waals surface area contributed by atoms with Gasteiger partial charge in [-0.3, -0.25) is 10.2 Å². The molecule has 0 atom stereocenters. The van der Waals surface area contributed by atoms with Gasteiger partial charge in [-0.2, -0.15) is 0 Å². The molecule has 5 heteroatoms. The highest BCUT2D eigenvalue weighted by atomic mass is 16.5. The molecule has 1 aromatic rings. The Morgan fingerprint density at radius 1 is 1.00 bits per heavy atom. The average Bonchev–Trinajstić information content (AvgIpc) is 3.20. The summed E-state index contributed by atoms with van der Waals surface area (Å²) in [5.41, 5.74) is 0.708. The first kappa shape index (κ1) is 22.5. The Bertz CT molecular complexity index is 544. The van der Waals surface area contributed by atoms with Crippen molar-refractivity contribution in [2.24, 2.45) is 0 Å². The monoisotopic (exact) mass is 390 g/mol.